The molecule has 196 valence electrons. The van der Waals surface area contributed by atoms with Gasteiger partial charge in [-0.15, -0.1) is 0 Å². The van der Waals surface area contributed by atoms with Gasteiger partial charge >= 0.3 is 0 Å². The van der Waals surface area contributed by atoms with Crippen LogP contribution in [0.15, 0.2) is 77.3 Å². The minimum absolute atomic E-state index is 0.177. The van der Waals surface area contributed by atoms with Crippen LogP contribution in [0.1, 0.15) is 49.9 Å². The van der Waals surface area contributed by atoms with Crippen LogP contribution in [-0.4, -0.2) is 34.9 Å². The number of ether oxygens (including phenoxy) is 1. The molecule has 1 atom stereocenters. The van der Waals surface area contributed by atoms with Gasteiger partial charge in [-0.3, -0.25) is 9.59 Å². The van der Waals surface area contributed by atoms with Crippen LogP contribution in [0.4, 0.5) is 0 Å². The Labute approximate surface area is 229 Å². The second kappa shape index (κ2) is 12.9. The average molecular weight is 566 g/mol. The van der Waals surface area contributed by atoms with E-state index in [2.05, 4.69) is 28.2 Å². The van der Waals surface area contributed by atoms with E-state index in [0.717, 1.165) is 27.6 Å². The third-order valence-corrected chi connectivity index (χ3v) is 6.75. The molecule has 37 heavy (non-hydrogen) atoms. The van der Waals surface area contributed by atoms with Crippen molar-refractivity contribution in [2.24, 2.45) is 0 Å². The Kier molecular flexibility index (Phi) is 9.93. The Morgan fingerprint density at radius 1 is 0.973 bits per heavy atom. The smallest absolute Gasteiger partial charge is 0.261 e. The highest BCUT2D eigenvalue weighted by Crippen LogP contribution is 2.27. The van der Waals surface area contributed by atoms with Gasteiger partial charge in [0.05, 0.1) is 4.47 Å². The zero-order valence-electron chi connectivity index (χ0n) is 22.4. The van der Waals surface area contributed by atoms with Crippen LogP contribution in [-0.2, 0) is 29.0 Å². The first kappa shape index (κ1) is 28.5. The Morgan fingerprint density at radius 3 is 2.27 bits per heavy atom. The molecule has 0 bridgehead atoms. The van der Waals surface area contributed by atoms with E-state index in [1.165, 1.54) is 5.56 Å². The van der Waals surface area contributed by atoms with Crippen molar-refractivity contribution in [3.8, 4) is 5.75 Å². The molecule has 0 saturated carbocycles. The van der Waals surface area contributed by atoms with E-state index in [1.54, 1.807) is 4.90 Å². The summed E-state index contributed by atoms with van der Waals surface area (Å²) in [6.45, 7) is 10.1. The van der Waals surface area contributed by atoms with Gasteiger partial charge in [-0.05, 0) is 84.4 Å². The molecule has 2 amide bonds. The average Bonchev–Trinajstić information content (AvgIpc) is 2.85. The summed E-state index contributed by atoms with van der Waals surface area (Å²) < 4.78 is 6.76. The lowest BCUT2D eigenvalue weighted by Gasteiger charge is -2.34. The number of hydrogen-bond donors (Lipinski definition) is 1. The van der Waals surface area contributed by atoms with Gasteiger partial charge in [0.1, 0.15) is 11.8 Å². The first-order valence-corrected chi connectivity index (χ1v) is 13.5. The summed E-state index contributed by atoms with van der Waals surface area (Å²) in [4.78, 5) is 29.1. The van der Waals surface area contributed by atoms with E-state index in [9.17, 15) is 9.59 Å². The van der Waals surface area contributed by atoms with Crippen molar-refractivity contribution in [2.75, 3.05) is 6.61 Å². The Hall–Kier alpha value is -3.12. The number of nitrogens with one attached hydrogen (secondary N) is 1. The maximum Gasteiger partial charge on any atom is 0.261 e. The second-order valence-electron chi connectivity index (χ2n) is 10.3. The Balaban J connectivity index is 1.94. The molecule has 0 radical (unpaired) electrons. The van der Waals surface area contributed by atoms with Crippen LogP contribution in [0.3, 0.4) is 0 Å². The van der Waals surface area contributed by atoms with Crippen LogP contribution in [0.2, 0.25) is 0 Å². The van der Waals surface area contributed by atoms with Crippen LogP contribution in [0.25, 0.3) is 0 Å². The summed E-state index contributed by atoms with van der Waals surface area (Å²) >= 11 is 3.55. The highest BCUT2D eigenvalue weighted by atomic mass is 79.9. The van der Waals surface area contributed by atoms with E-state index < -0.39 is 11.6 Å². The number of hydrogen-bond acceptors (Lipinski definition) is 3. The summed E-state index contributed by atoms with van der Waals surface area (Å²) in [6, 6.07) is 22.9. The van der Waals surface area contributed by atoms with Gasteiger partial charge in [0, 0.05) is 18.5 Å². The SMILES string of the molecule is CCc1ccc(OCC(=O)N(Cc2ccccc2C)C(Cc2ccccc2)C(=O)NC(C)(C)C)c(Br)c1. The molecule has 0 aromatic heterocycles. The molecular formula is C31H37BrN2O3. The number of carbonyl (C=O) groups excluding carboxylic acids is 2. The van der Waals surface area contributed by atoms with Crippen molar-refractivity contribution in [3.05, 3.63) is 99.5 Å². The summed E-state index contributed by atoms with van der Waals surface area (Å²) in [5.74, 6) is 0.159. The molecule has 0 saturated heterocycles. The number of benzene rings is 3. The molecule has 1 N–H and O–H groups in total. The van der Waals surface area contributed by atoms with Crippen LogP contribution < -0.4 is 10.1 Å². The highest BCUT2D eigenvalue weighted by Gasteiger charge is 2.32. The first-order valence-electron chi connectivity index (χ1n) is 12.7. The normalized spacial score (nSPS) is 12.1. The quantitative estimate of drug-likeness (QED) is 0.316. The minimum Gasteiger partial charge on any atom is -0.483 e. The van der Waals surface area contributed by atoms with Gasteiger partial charge < -0.3 is 15.0 Å². The lowest BCUT2D eigenvalue weighted by Crippen LogP contribution is -2.55. The molecule has 0 aliphatic heterocycles. The summed E-state index contributed by atoms with van der Waals surface area (Å²) in [6.07, 6.45) is 1.31. The Bertz CT molecular complexity index is 1200. The molecule has 0 fully saturated rings. The zero-order valence-corrected chi connectivity index (χ0v) is 24.0. The van der Waals surface area contributed by atoms with Crippen molar-refractivity contribution in [1.82, 2.24) is 10.2 Å². The lowest BCUT2D eigenvalue weighted by atomic mass is 10.00. The Morgan fingerprint density at radius 2 is 1.65 bits per heavy atom. The lowest BCUT2D eigenvalue weighted by molar-refractivity contribution is -0.143. The molecular weight excluding hydrogens is 528 g/mol. The van der Waals surface area contributed by atoms with E-state index in [-0.39, 0.29) is 18.4 Å². The van der Waals surface area contributed by atoms with Crippen molar-refractivity contribution < 1.29 is 14.3 Å². The maximum atomic E-state index is 13.8. The van der Waals surface area contributed by atoms with Crippen molar-refractivity contribution in [1.29, 1.82) is 0 Å². The van der Waals surface area contributed by atoms with E-state index in [1.807, 2.05) is 100 Å². The molecule has 3 aromatic rings. The number of halogens is 1. The molecule has 1 unspecified atom stereocenters. The highest BCUT2D eigenvalue weighted by molar-refractivity contribution is 9.10. The van der Waals surface area contributed by atoms with Gasteiger partial charge in [-0.2, -0.15) is 0 Å². The fourth-order valence-corrected chi connectivity index (χ4v) is 4.62. The van der Waals surface area contributed by atoms with Crippen LogP contribution in [0.5, 0.6) is 5.75 Å². The predicted octanol–water partition coefficient (Wildman–Crippen LogP) is 6.25. The number of amides is 2. The van der Waals surface area contributed by atoms with Crippen molar-refractivity contribution in [2.45, 2.75) is 65.6 Å². The molecule has 3 rings (SSSR count). The molecule has 6 heteroatoms. The van der Waals surface area contributed by atoms with E-state index in [0.29, 0.717) is 18.7 Å². The summed E-state index contributed by atoms with van der Waals surface area (Å²) in [5, 5.41) is 3.09. The number of rotatable bonds is 10. The number of aryl methyl sites for hydroxylation is 2. The van der Waals surface area contributed by atoms with Gasteiger partial charge in [-0.1, -0.05) is 67.6 Å². The summed E-state index contributed by atoms with van der Waals surface area (Å²) in [5.41, 5.74) is 3.78. The monoisotopic (exact) mass is 564 g/mol. The molecule has 0 aliphatic carbocycles. The largest absolute Gasteiger partial charge is 0.483 e. The fraction of sp³-hybridized carbons (Fsp3) is 0.355. The third-order valence-electron chi connectivity index (χ3n) is 6.13. The number of carbonyl (C=O) groups is 2. The molecule has 5 nitrogen and oxygen atoms in total. The summed E-state index contributed by atoms with van der Waals surface area (Å²) in [7, 11) is 0. The van der Waals surface area contributed by atoms with Gasteiger partial charge in [-0.25, -0.2) is 0 Å². The molecule has 0 heterocycles. The van der Waals surface area contributed by atoms with Crippen LogP contribution >= 0.6 is 15.9 Å². The zero-order chi connectivity index (χ0) is 27.0. The van der Waals surface area contributed by atoms with Gasteiger partial charge in [0.2, 0.25) is 5.91 Å². The topological polar surface area (TPSA) is 58.6 Å². The van der Waals surface area contributed by atoms with Gasteiger partial charge in [0.15, 0.2) is 6.61 Å². The van der Waals surface area contributed by atoms with E-state index in [4.69, 9.17) is 4.74 Å². The standard InChI is InChI=1S/C31H37BrN2O3/c1-6-23-16-17-28(26(32)18-23)37-21-29(35)34(20-25-15-11-10-12-22(25)2)27(30(36)33-31(3,4)5)19-24-13-8-7-9-14-24/h7-18,27H,6,19-21H2,1-5H3,(H,33,36). The van der Waals surface area contributed by atoms with Gasteiger partial charge in [0.25, 0.3) is 5.91 Å². The van der Waals surface area contributed by atoms with Crippen molar-refractivity contribution >= 4 is 27.7 Å². The second-order valence-corrected chi connectivity index (χ2v) is 11.2. The minimum atomic E-state index is -0.705. The maximum absolute atomic E-state index is 13.8. The first-order chi connectivity index (χ1) is 17.6. The fourth-order valence-electron chi connectivity index (χ4n) is 4.08. The molecule has 0 aliphatic rings. The third kappa shape index (κ3) is 8.46. The predicted molar refractivity (Wildman–Crippen MR) is 153 cm³/mol. The van der Waals surface area contributed by atoms with Crippen LogP contribution in [0, 0.1) is 6.92 Å². The van der Waals surface area contributed by atoms with E-state index >= 15 is 0 Å². The van der Waals surface area contributed by atoms with Crippen molar-refractivity contribution in [3.63, 3.8) is 0 Å². The molecule has 3 aromatic carbocycles. The molecule has 0 spiro atoms. The number of nitrogens with zero attached hydrogens (tertiary/aromatic N) is 1.